The van der Waals surface area contributed by atoms with Gasteiger partial charge in [-0.3, -0.25) is 0 Å². The number of hydrogen-bond acceptors (Lipinski definition) is 4. The van der Waals surface area contributed by atoms with E-state index in [9.17, 15) is 5.26 Å². The minimum Gasteiger partial charge on any atom is -0.228 e. The average Bonchev–Trinajstić information content (AvgIpc) is 3.59. The van der Waals surface area contributed by atoms with Crippen LogP contribution in [-0.4, -0.2) is 9.97 Å². The molecule has 0 atom stereocenters. The van der Waals surface area contributed by atoms with Crippen LogP contribution in [-0.2, 0) is 5.41 Å². The number of nitriles is 1. The summed E-state index contributed by atoms with van der Waals surface area (Å²) >= 11 is 1.80. The standard InChI is InChI=1S/C54H33N3S/c55-34-35-13-11-18-38(29-35)40-25-27-47-51(31-40)58-52-32-42(26-28-48(52)54(47)45-23-9-7-21-43(45)44-22-8-10-24-46(44)54)53-56-49(37-16-5-2-6-17-37)33-50(57-53)41-20-12-19-39(30-41)36-14-3-1-4-15-36/h1-33H. The van der Waals surface area contributed by atoms with Crippen LogP contribution in [0, 0.1) is 11.3 Å². The predicted octanol–water partition coefficient (Wildman–Crippen LogP) is 13.5. The molecule has 11 rings (SSSR count). The summed E-state index contributed by atoms with van der Waals surface area (Å²) in [7, 11) is 0. The van der Waals surface area contributed by atoms with Gasteiger partial charge in [0.1, 0.15) is 0 Å². The van der Waals surface area contributed by atoms with Gasteiger partial charge in [-0.05, 0) is 92.0 Å². The Balaban J connectivity index is 1.12. The predicted molar refractivity (Wildman–Crippen MR) is 235 cm³/mol. The molecule has 0 fully saturated rings. The highest BCUT2D eigenvalue weighted by atomic mass is 32.2. The molecule has 4 heteroatoms. The van der Waals surface area contributed by atoms with Gasteiger partial charge in [-0.25, -0.2) is 9.97 Å². The molecule has 0 bridgehead atoms. The van der Waals surface area contributed by atoms with Gasteiger partial charge in [0.2, 0.25) is 0 Å². The molecule has 0 saturated carbocycles. The topological polar surface area (TPSA) is 49.6 Å². The normalized spacial score (nSPS) is 12.9. The molecule has 1 aliphatic heterocycles. The summed E-state index contributed by atoms with van der Waals surface area (Å²) in [6, 6.07) is 73.2. The minimum absolute atomic E-state index is 0.523. The van der Waals surface area contributed by atoms with Gasteiger partial charge < -0.3 is 0 Å². The van der Waals surface area contributed by atoms with Crippen LogP contribution in [0.3, 0.4) is 0 Å². The van der Waals surface area contributed by atoms with Gasteiger partial charge in [0.25, 0.3) is 0 Å². The van der Waals surface area contributed by atoms with Crippen LogP contribution >= 0.6 is 11.8 Å². The Labute approximate surface area is 342 Å². The van der Waals surface area contributed by atoms with E-state index in [2.05, 4.69) is 176 Å². The number of aromatic nitrogens is 2. The van der Waals surface area contributed by atoms with E-state index < -0.39 is 5.41 Å². The highest BCUT2D eigenvalue weighted by molar-refractivity contribution is 7.99. The van der Waals surface area contributed by atoms with Crippen LogP contribution in [0.5, 0.6) is 0 Å². The lowest BCUT2D eigenvalue weighted by atomic mass is 9.67. The third-order valence-corrected chi connectivity index (χ3v) is 12.7. The number of benzene rings is 8. The van der Waals surface area contributed by atoms with E-state index in [1.54, 1.807) is 11.8 Å². The lowest BCUT2D eigenvalue weighted by molar-refractivity contribution is 0.723. The molecule has 270 valence electrons. The fourth-order valence-corrected chi connectivity index (χ4v) is 10.2. The second-order valence-corrected chi connectivity index (χ2v) is 15.9. The highest BCUT2D eigenvalue weighted by Gasteiger charge is 2.50. The van der Waals surface area contributed by atoms with Crippen molar-refractivity contribution < 1.29 is 0 Å². The Morgan fingerprint density at radius 1 is 0.379 bits per heavy atom. The molecule has 9 aromatic rings. The molecule has 1 aliphatic carbocycles. The molecule has 3 nitrogen and oxygen atoms in total. The Morgan fingerprint density at radius 3 is 1.55 bits per heavy atom. The second-order valence-electron chi connectivity index (χ2n) is 14.8. The first kappa shape index (κ1) is 34.0. The van der Waals surface area contributed by atoms with Crippen molar-refractivity contribution in [3.8, 4) is 73.4 Å². The fraction of sp³-hybridized carbons (Fsp3) is 0.0185. The first-order valence-corrected chi connectivity index (χ1v) is 20.3. The molecule has 58 heavy (non-hydrogen) atoms. The zero-order valence-electron chi connectivity index (χ0n) is 31.3. The first-order chi connectivity index (χ1) is 28.7. The Bertz CT molecular complexity index is 3060. The van der Waals surface area contributed by atoms with Crippen molar-refractivity contribution in [2.45, 2.75) is 15.2 Å². The quantitative estimate of drug-likeness (QED) is 0.175. The van der Waals surface area contributed by atoms with Gasteiger partial charge in [-0.1, -0.05) is 176 Å². The summed E-state index contributed by atoms with van der Waals surface area (Å²) in [5.41, 5.74) is 16.9. The van der Waals surface area contributed by atoms with Gasteiger partial charge in [0, 0.05) is 26.5 Å². The molecule has 1 spiro atoms. The summed E-state index contributed by atoms with van der Waals surface area (Å²) in [4.78, 5) is 12.9. The van der Waals surface area contributed by atoms with Crippen LogP contribution in [0.2, 0.25) is 0 Å². The fourth-order valence-electron chi connectivity index (χ4n) is 8.97. The molecule has 0 unspecified atom stereocenters. The molecule has 0 N–H and O–H groups in total. The maximum Gasteiger partial charge on any atom is 0.160 e. The van der Waals surface area contributed by atoms with Gasteiger partial charge >= 0.3 is 0 Å². The average molecular weight is 756 g/mol. The molecule has 0 radical (unpaired) electrons. The zero-order valence-corrected chi connectivity index (χ0v) is 32.1. The van der Waals surface area contributed by atoms with Crippen LogP contribution in [0.25, 0.3) is 67.3 Å². The number of fused-ring (bicyclic) bond motifs is 9. The van der Waals surface area contributed by atoms with Crippen molar-refractivity contribution >= 4 is 11.8 Å². The van der Waals surface area contributed by atoms with Crippen LogP contribution < -0.4 is 0 Å². The SMILES string of the molecule is N#Cc1cccc(-c2ccc3c(c2)Sc2cc(-c4nc(-c5ccccc5)cc(-c5cccc(-c6ccccc6)c5)n4)ccc2C32c3ccccc3-c3ccccc32)c1. The van der Waals surface area contributed by atoms with Gasteiger partial charge in [-0.15, -0.1) is 0 Å². The number of hydrogen-bond donors (Lipinski definition) is 0. The van der Waals surface area contributed by atoms with Crippen LogP contribution in [0.4, 0.5) is 0 Å². The number of rotatable bonds is 5. The van der Waals surface area contributed by atoms with Crippen molar-refractivity contribution in [1.29, 1.82) is 5.26 Å². The largest absolute Gasteiger partial charge is 0.228 e. The van der Waals surface area contributed by atoms with E-state index in [0.717, 1.165) is 44.8 Å². The Morgan fingerprint density at radius 2 is 0.879 bits per heavy atom. The summed E-state index contributed by atoms with van der Waals surface area (Å²) in [6.45, 7) is 0. The van der Waals surface area contributed by atoms with E-state index >= 15 is 0 Å². The lowest BCUT2D eigenvalue weighted by Gasteiger charge is -2.40. The lowest BCUT2D eigenvalue weighted by Crippen LogP contribution is -2.32. The zero-order chi connectivity index (χ0) is 38.6. The summed E-state index contributed by atoms with van der Waals surface area (Å²) < 4.78 is 0. The van der Waals surface area contributed by atoms with Crippen molar-refractivity contribution in [3.05, 3.63) is 228 Å². The van der Waals surface area contributed by atoms with E-state index in [1.165, 1.54) is 48.7 Å². The van der Waals surface area contributed by atoms with Crippen LogP contribution in [0.1, 0.15) is 27.8 Å². The van der Waals surface area contributed by atoms with E-state index in [4.69, 9.17) is 9.97 Å². The molecule has 1 aromatic heterocycles. The van der Waals surface area contributed by atoms with Gasteiger partial charge in [0.15, 0.2) is 5.82 Å². The molecule has 2 heterocycles. The third-order valence-electron chi connectivity index (χ3n) is 11.6. The summed E-state index contributed by atoms with van der Waals surface area (Å²) in [5, 5.41) is 9.71. The van der Waals surface area contributed by atoms with Crippen molar-refractivity contribution in [2.75, 3.05) is 0 Å². The third kappa shape index (κ3) is 5.44. The Kier molecular flexibility index (Phi) is 8.03. The van der Waals surface area contributed by atoms with Crippen molar-refractivity contribution in [1.82, 2.24) is 9.97 Å². The number of nitrogens with zero attached hydrogens (tertiary/aromatic N) is 3. The highest BCUT2D eigenvalue weighted by Crippen LogP contribution is 2.62. The molecule has 2 aliphatic rings. The van der Waals surface area contributed by atoms with E-state index in [-0.39, 0.29) is 0 Å². The molecular formula is C54H33N3S. The monoisotopic (exact) mass is 755 g/mol. The summed E-state index contributed by atoms with van der Waals surface area (Å²) in [6.07, 6.45) is 0. The minimum atomic E-state index is -0.523. The summed E-state index contributed by atoms with van der Waals surface area (Å²) in [5.74, 6) is 0.680. The molecule has 0 amide bonds. The van der Waals surface area contributed by atoms with Crippen molar-refractivity contribution in [2.24, 2.45) is 0 Å². The Hall–Kier alpha value is -7.32. The molecular weight excluding hydrogens is 723 g/mol. The smallest absolute Gasteiger partial charge is 0.160 e. The maximum atomic E-state index is 9.71. The van der Waals surface area contributed by atoms with Crippen molar-refractivity contribution in [3.63, 3.8) is 0 Å². The van der Waals surface area contributed by atoms with Gasteiger partial charge in [-0.2, -0.15) is 5.26 Å². The molecule has 0 saturated heterocycles. The van der Waals surface area contributed by atoms with E-state index in [0.29, 0.717) is 11.4 Å². The van der Waals surface area contributed by atoms with E-state index in [1.807, 2.05) is 30.3 Å². The second kappa shape index (κ2) is 13.7. The molecule has 8 aromatic carbocycles. The first-order valence-electron chi connectivity index (χ1n) is 19.4. The maximum absolute atomic E-state index is 9.71. The van der Waals surface area contributed by atoms with Gasteiger partial charge in [0.05, 0.1) is 28.4 Å². The van der Waals surface area contributed by atoms with Crippen LogP contribution in [0.15, 0.2) is 210 Å².